The first-order valence-electron chi connectivity index (χ1n) is 5.10. The monoisotopic (exact) mass is 234 g/mol. The number of ether oxygens (including phenoxy) is 2. The highest BCUT2D eigenvalue weighted by Crippen LogP contribution is 2.14. The van der Waals surface area contributed by atoms with Gasteiger partial charge in [-0.2, -0.15) is 4.98 Å². The molecule has 0 saturated carbocycles. The minimum absolute atomic E-state index is 0.274. The number of hydrogen-bond donors (Lipinski definition) is 1. The van der Waals surface area contributed by atoms with Crippen molar-refractivity contribution in [2.45, 2.75) is 6.54 Å². The average Bonchev–Trinajstić information content (AvgIpc) is 2.71. The van der Waals surface area contributed by atoms with Gasteiger partial charge in [-0.05, 0) is 17.7 Å². The zero-order valence-electron chi connectivity index (χ0n) is 9.75. The summed E-state index contributed by atoms with van der Waals surface area (Å²) in [4.78, 5) is 3.94. The molecule has 90 valence electrons. The summed E-state index contributed by atoms with van der Waals surface area (Å²) in [7, 11) is 3.14. The van der Waals surface area contributed by atoms with E-state index in [1.165, 1.54) is 7.11 Å². The number of benzene rings is 1. The highest BCUT2D eigenvalue weighted by molar-refractivity contribution is 5.28. The van der Waals surface area contributed by atoms with Gasteiger partial charge in [0.15, 0.2) is 0 Å². The van der Waals surface area contributed by atoms with E-state index in [-0.39, 0.29) is 6.01 Å². The summed E-state index contributed by atoms with van der Waals surface area (Å²) in [5.74, 6) is 1.15. The molecule has 0 bridgehead atoms. The van der Waals surface area contributed by atoms with Crippen molar-refractivity contribution >= 4 is 5.95 Å². The Labute approximate surface area is 99.0 Å². The van der Waals surface area contributed by atoms with Crippen molar-refractivity contribution in [1.29, 1.82) is 0 Å². The molecule has 6 heteroatoms. The Kier molecular flexibility index (Phi) is 3.13. The van der Waals surface area contributed by atoms with Crippen LogP contribution in [0, 0.1) is 0 Å². The number of nitrogens with zero attached hydrogens (tertiary/aromatic N) is 3. The van der Waals surface area contributed by atoms with E-state index in [4.69, 9.17) is 15.2 Å². The molecular formula is C11H14N4O2. The molecule has 2 rings (SSSR count). The van der Waals surface area contributed by atoms with Crippen LogP contribution in [0.25, 0.3) is 0 Å². The molecule has 6 nitrogen and oxygen atoms in total. The summed E-state index contributed by atoms with van der Waals surface area (Å²) in [6.07, 6.45) is 0. The van der Waals surface area contributed by atoms with Gasteiger partial charge in [-0.3, -0.25) is 0 Å². The summed E-state index contributed by atoms with van der Waals surface area (Å²) >= 11 is 0. The second-order valence-corrected chi connectivity index (χ2v) is 3.46. The Morgan fingerprint density at radius 3 is 2.41 bits per heavy atom. The number of nitrogens with two attached hydrogens (primary N) is 1. The fourth-order valence-electron chi connectivity index (χ4n) is 1.44. The second-order valence-electron chi connectivity index (χ2n) is 3.46. The van der Waals surface area contributed by atoms with Crippen LogP contribution in [-0.2, 0) is 6.54 Å². The van der Waals surface area contributed by atoms with Crippen LogP contribution in [0.3, 0.4) is 0 Å². The number of rotatable bonds is 4. The summed E-state index contributed by atoms with van der Waals surface area (Å²) < 4.78 is 11.6. The Balaban J connectivity index is 2.16. The van der Waals surface area contributed by atoms with Crippen LogP contribution in [0.15, 0.2) is 24.3 Å². The molecule has 0 atom stereocenters. The lowest BCUT2D eigenvalue weighted by atomic mass is 10.2. The Hall–Kier alpha value is -2.24. The molecule has 2 aromatic rings. The Morgan fingerprint density at radius 1 is 1.18 bits per heavy atom. The van der Waals surface area contributed by atoms with E-state index in [0.717, 1.165) is 11.3 Å². The van der Waals surface area contributed by atoms with Gasteiger partial charge in [-0.15, -0.1) is 5.10 Å². The van der Waals surface area contributed by atoms with Gasteiger partial charge in [0, 0.05) is 0 Å². The third-order valence-electron chi connectivity index (χ3n) is 2.35. The molecule has 0 aliphatic carbocycles. The molecule has 0 radical (unpaired) electrons. The fraction of sp³-hybridized carbons (Fsp3) is 0.273. The van der Waals surface area contributed by atoms with Gasteiger partial charge in [-0.1, -0.05) is 12.1 Å². The Bertz CT molecular complexity index is 493. The molecule has 0 fully saturated rings. The number of nitrogen functional groups attached to an aromatic ring is 1. The maximum atomic E-state index is 5.71. The number of aromatic nitrogens is 3. The highest BCUT2D eigenvalue weighted by Gasteiger charge is 2.07. The largest absolute Gasteiger partial charge is 0.497 e. The van der Waals surface area contributed by atoms with E-state index in [1.807, 2.05) is 24.3 Å². The lowest BCUT2D eigenvalue weighted by Crippen LogP contribution is -2.06. The van der Waals surface area contributed by atoms with Crippen LogP contribution in [0.4, 0.5) is 5.95 Å². The number of methoxy groups -OCH3 is 2. The van der Waals surface area contributed by atoms with Crippen LogP contribution < -0.4 is 15.2 Å². The zero-order valence-corrected chi connectivity index (χ0v) is 9.75. The van der Waals surface area contributed by atoms with E-state index in [2.05, 4.69) is 10.1 Å². The van der Waals surface area contributed by atoms with E-state index in [0.29, 0.717) is 12.5 Å². The predicted molar refractivity (Wildman–Crippen MR) is 63.1 cm³/mol. The molecule has 0 unspecified atom stereocenters. The first kappa shape index (κ1) is 11.3. The molecule has 1 aromatic carbocycles. The molecule has 0 aliphatic rings. The molecular weight excluding hydrogens is 220 g/mol. The van der Waals surface area contributed by atoms with Crippen LogP contribution in [0.1, 0.15) is 5.56 Å². The van der Waals surface area contributed by atoms with E-state index >= 15 is 0 Å². The lowest BCUT2D eigenvalue weighted by Gasteiger charge is -2.04. The maximum Gasteiger partial charge on any atom is 0.337 e. The molecule has 2 N–H and O–H groups in total. The van der Waals surface area contributed by atoms with Crippen molar-refractivity contribution in [3.05, 3.63) is 29.8 Å². The third-order valence-corrected chi connectivity index (χ3v) is 2.35. The van der Waals surface area contributed by atoms with Crippen LogP contribution >= 0.6 is 0 Å². The van der Waals surface area contributed by atoms with E-state index < -0.39 is 0 Å². The molecule has 17 heavy (non-hydrogen) atoms. The van der Waals surface area contributed by atoms with Gasteiger partial charge in [0.25, 0.3) is 0 Å². The second kappa shape index (κ2) is 4.73. The summed E-state index contributed by atoms with van der Waals surface area (Å²) in [6, 6.07) is 7.95. The molecule has 1 aromatic heterocycles. The first-order chi connectivity index (χ1) is 8.22. The Morgan fingerprint density at radius 2 is 1.88 bits per heavy atom. The van der Waals surface area contributed by atoms with Crippen molar-refractivity contribution < 1.29 is 9.47 Å². The van der Waals surface area contributed by atoms with Crippen LogP contribution in [0.5, 0.6) is 11.8 Å². The topological polar surface area (TPSA) is 75.2 Å². The van der Waals surface area contributed by atoms with Crippen molar-refractivity contribution in [1.82, 2.24) is 14.8 Å². The molecule has 0 amide bonds. The van der Waals surface area contributed by atoms with Crippen LogP contribution in [0.2, 0.25) is 0 Å². The average molecular weight is 234 g/mol. The summed E-state index contributed by atoms with van der Waals surface area (Å²) in [6.45, 7) is 0.548. The zero-order chi connectivity index (χ0) is 12.3. The predicted octanol–water partition coefficient (Wildman–Crippen LogP) is 0.926. The van der Waals surface area contributed by atoms with Gasteiger partial charge in [0.05, 0.1) is 20.8 Å². The van der Waals surface area contributed by atoms with E-state index in [1.54, 1.807) is 11.8 Å². The molecule has 1 heterocycles. The molecule has 0 saturated heterocycles. The van der Waals surface area contributed by atoms with Crippen molar-refractivity contribution in [2.75, 3.05) is 20.0 Å². The number of hydrogen-bond acceptors (Lipinski definition) is 5. The molecule has 0 spiro atoms. The van der Waals surface area contributed by atoms with Gasteiger partial charge in [0.2, 0.25) is 5.95 Å². The fourth-order valence-corrected chi connectivity index (χ4v) is 1.44. The first-order valence-corrected chi connectivity index (χ1v) is 5.10. The van der Waals surface area contributed by atoms with Gasteiger partial charge in [0.1, 0.15) is 5.75 Å². The van der Waals surface area contributed by atoms with Crippen molar-refractivity contribution in [3.63, 3.8) is 0 Å². The minimum Gasteiger partial charge on any atom is -0.497 e. The molecule has 0 aliphatic heterocycles. The van der Waals surface area contributed by atoms with Gasteiger partial charge in [-0.25, -0.2) is 4.68 Å². The van der Waals surface area contributed by atoms with E-state index in [9.17, 15) is 0 Å². The lowest BCUT2D eigenvalue weighted by molar-refractivity contribution is 0.377. The smallest absolute Gasteiger partial charge is 0.337 e. The normalized spacial score (nSPS) is 10.2. The van der Waals surface area contributed by atoms with Crippen LogP contribution in [-0.4, -0.2) is 29.0 Å². The number of anilines is 1. The third kappa shape index (κ3) is 2.47. The summed E-state index contributed by atoms with van der Waals surface area (Å²) in [5, 5.41) is 4.09. The standard InChI is InChI=1S/C11H14N4O2/c1-16-9-5-3-8(4-6-9)7-15-10(12)13-11(14-15)17-2/h3-6H,7H2,1-2H3,(H2,12,13,14). The summed E-state index contributed by atoms with van der Waals surface area (Å²) in [5.41, 5.74) is 6.77. The van der Waals surface area contributed by atoms with Crippen molar-refractivity contribution in [3.8, 4) is 11.8 Å². The van der Waals surface area contributed by atoms with Gasteiger partial charge < -0.3 is 15.2 Å². The minimum atomic E-state index is 0.274. The highest BCUT2D eigenvalue weighted by atomic mass is 16.5. The van der Waals surface area contributed by atoms with Crippen molar-refractivity contribution in [2.24, 2.45) is 0 Å². The maximum absolute atomic E-state index is 5.71. The quantitative estimate of drug-likeness (QED) is 0.851. The SMILES string of the molecule is COc1ccc(Cn2nc(OC)nc2N)cc1. The van der Waals surface area contributed by atoms with Gasteiger partial charge >= 0.3 is 6.01 Å².